The maximum Gasteiger partial charge on any atom is 0.260 e. The number of hydrogen-bond donors (Lipinski definition) is 2. The molecule has 6 nitrogen and oxygen atoms in total. The fourth-order valence-corrected chi connectivity index (χ4v) is 2.18. The number of benzene rings is 1. The van der Waals surface area contributed by atoms with Crippen molar-refractivity contribution in [3.05, 3.63) is 30.1 Å². The van der Waals surface area contributed by atoms with Crippen molar-refractivity contribution in [3.63, 3.8) is 0 Å². The molecular weight excluding hydrogens is 268 g/mol. The molecule has 0 aliphatic carbocycles. The Morgan fingerprint density at radius 3 is 2.86 bits per heavy atom. The number of ether oxygens (including phenoxy) is 1. The molecule has 0 aliphatic heterocycles. The molecule has 1 atom stereocenters. The van der Waals surface area contributed by atoms with Crippen molar-refractivity contribution in [2.75, 3.05) is 25.6 Å². The Bertz CT molecular complexity index is 556. The van der Waals surface area contributed by atoms with Crippen molar-refractivity contribution in [2.45, 2.75) is 25.8 Å². The molecule has 0 saturated carbocycles. The lowest BCUT2D eigenvalue weighted by Crippen LogP contribution is -2.26. The summed E-state index contributed by atoms with van der Waals surface area (Å²) >= 11 is 0. The molecule has 0 radical (unpaired) electrons. The number of nitrogens with two attached hydrogens (primary N) is 1. The maximum absolute atomic E-state index is 5.59. The lowest BCUT2D eigenvalue weighted by molar-refractivity contribution is 0.182. The Kier molecular flexibility index (Phi) is 5.71. The third-order valence-electron chi connectivity index (χ3n) is 3.17. The molecule has 0 amide bonds. The largest absolute Gasteiger partial charge is 0.383 e. The summed E-state index contributed by atoms with van der Waals surface area (Å²) in [4.78, 5) is 4.29. The number of anilines is 1. The van der Waals surface area contributed by atoms with Gasteiger partial charge in [0.05, 0.1) is 12.2 Å². The van der Waals surface area contributed by atoms with Gasteiger partial charge in [0, 0.05) is 18.8 Å². The minimum Gasteiger partial charge on any atom is -0.383 e. The number of nitrogens with zero attached hydrogens (tertiary/aromatic N) is 2. The van der Waals surface area contributed by atoms with Crippen LogP contribution in [0.2, 0.25) is 0 Å². The van der Waals surface area contributed by atoms with Gasteiger partial charge in [-0.25, -0.2) is 0 Å². The minimum absolute atomic E-state index is 0.198. The van der Waals surface area contributed by atoms with E-state index in [0.29, 0.717) is 24.9 Å². The summed E-state index contributed by atoms with van der Waals surface area (Å²) in [6, 6.07) is 8.08. The van der Waals surface area contributed by atoms with Crippen LogP contribution in [0.1, 0.15) is 18.7 Å². The average Bonchev–Trinajstić information content (AvgIpc) is 2.92. The molecule has 0 aliphatic rings. The van der Waals surface area contributed by atoms with E-state index in [4.69, 9.17) is 15.0 Å². The normalized spacial score (nSPS) is 12.3. The van der Waals surface area contributed by atoms with Gasteiger partial charge in [-0.05, 0) is 38.4 Å². The smallest absolute Gasteiger partial charge is 0.260 e. The molecule has 0 fully saturated rings. The highest BCUT2D eigenvalue weighted by Gasteiger charge is 2.14. The van der Waals surface area contributed by atoms with E-state index >= 15 is 0 Å². The van der Waals surface area contributed by atoms with E-state index in [1.54, 1.807) is 14.0 Å². The van der Waals surface area contributed by atoms with Crippen molar-refractivity contribution in [3.8, 4) is 11.5 Å². The third-order valence-corrected chi connectivity index (χ3v) is 3.17. The molecule has 2 rings (SSSR count). The van der Waals surface area contributed by atoms with Crippen LogP contribution in [0.5, 0.6) is 0 Å². The number of nitrogens with one attached hydrogen (secondary N) is 1. The summed E-state index contributed by atoms with van der Waals surface area (Å²) in [5.74, 6) is 1.14. The standard InChI is InChI=1S/C15H22N4O2/c1-11-17-15(21-19-11)13-7-3-4-8-14(13)18-12(10-20-2)6-5-9-16/h3-4,7-8,12,18H,5-6,9-10,16H2,1-2H3. The molecule has 21 heavy (non-hydrogen) atoms. The number of para-hydroxylation sites is 1. The van der Waals surface area contributed by atoms with Gasteiger partial charge in [-0.1, -0.05) is 17.3 Å². The second-order valence-corrected chi connectivity index (χ2v) is 4.92. The molecule has 6 heteroatoms. The van der Waals surface area contributed by atoms with Crippen LogP contribution in [-0.4, -0.2) is 36.4 Å². The zero-order valence-electron chi connectivity index (χ0n) is 12.5. The van der Waals surface area contributed by atoms with E-state index < -0.39 is 0 Å². The van der Waals surface area contributed by atoms with Crippen molar-refractivity contribution in [1.29, 1.82) is 0 Å². The van der Waals surface area contributed by atoms with Gasteiger partial charge in [0.2, 0.25) is 0 Å². The van der Waals surface area contributed by atoms with Crippen molar-refractivity contribution in [1.82, 2.24) is 10.1 Å². The number of aryl methyl sites for hydroxylation is 1. The SMILES string of the molecule is COCC(CCCN)Nc1ccccc1-c1nc(C)no1. The van der Waals surface area contributed by atoms with Crippen LogP contribution in [-0.2, 0) is 4.74 Å². The van der Waals surface area contributed by atoms with Crippen LogP contribution in [0.15, 0.2) is 28.8 Å². The zero-order chi connectivity index (χ0) is 15.1. The molecule has 114 valence electrons. The lowest BCUT2D eigenvalue weighted by atomic mass is 10.1. The van der Waals surface area contributed by atoms with Crippen molar-refractivity contribution < 1.29 is 9.26 Å². The Morgan fingerprint density at radius 1 is 1.38 bits per heavy atom. The Labute approximate surface area is 124 Å². The van der Waals surface area contributed by atoms with E-state index in [1.807, 2.05) is 24.3 Å². The predicted octanol–water partition coefficient (Wildman–Crippen LogP) is 2.21. The van der Waals surface area contributed by atoms with Gasteiger partial charge in [0.25, 0.3) is 5.89 Å². The fraction of sp³-hybridized carbons (Fsp3) is 0.467. The molecule has 1 aromatic carbocycles. The van der Waals surface area contributed by atoms with Gasteiger partial charge in [-0.2, -0.15) is 4.98 Å². The topological polar surface area (TPSA) is 86.2 Å². The van der Waals surface area contributed by atoms with Crippen LogP contribution in [0.25, 0.3) is 11.5 Å². The maximum atomic E-state index is 5.59. The van der Waals surface area contributed by atoms with Crippen LogP contribution < -0.4 is 11.1 Å². The van der Waals surface area contributed by atoms with Crippen LogP contribution in [0, 0.1) is 6.92 Å². The predicted molar refractivity (Wildman–Crippen MR) is 82.0 cm³/mol. The van der Waals surface area contributed by atoms with Gasteiger partial charge in [0.15, 0.2) is 5.82 Å². The molecule has 1 heterocycles. The molecule has 0 spiro atoms. The van der Waals surface area contributed by atoms with E-state index in [-0.39, 0.29) is 6.04 Å². The first kappa shape index (κ1) is 15.5. The summed E-state index contributed by atoms with van der Waals surface area (Å²) in [6.07, 6.45) is 1.89. The molecule has 0 saturated heterocycles. The van der Waals surface area contributed by atoms with E-state index in [2.05, 4.69) is 15.5 Å². The number of rotatable bonds is 8. The minimum atomic E-state index is 0.198. The first-order valence-corrected chi connectivity index (χ1v) is 7.10. The summed E-state index contributed by atoms with van der Waals surface area (Å²) in [6.45, 7) is 3.10. The second kappa shape index (κ2) is 7.75. The first-order valence-electron chi connectivity index (χ1n) is 7.10. The summed E-state index contributed by atoms with van der Waals surface area (Å²) in [5, 5.41) is 7.33. The van der Waals surface area contributed by atoms with Gasteiger partial charge >= 0.3 is 0 Å². The monoisotopic (exact) mass is 290 g/mol. The average molecular weight is 290 g/mol. The Balaban J connectivity index is 2.18. The highest BCUT2D eigenvalue weighted by Crippen LogP contribution is 2.27. The number of hydrogen-bond acceptors (Lipinski definition) is 6. The quantitative estimate of drug-likeness (QED) is 0.775. The van der Waals surface area contributed by atoms with Gasteiger partial charge in [-0.3, -0.25) is 0 Å². The van der Waals surface area contributed by atoms with E-state index in [9.17, 15) is 0 Å². The number of methoxy groups -OCH3 is 1. The molecule has 1 aromatic heterocycles. The summed E-state index contributed by atoms with van der Waals surface area (Å²) in [7, 11) is 1.70. The van der Waals surface area contributed by atoms with Crippen molar-refractivity contribution in [2.24, 2.45) is 5.73 Å². The summed E-state index contributed by atoms with van der Waals surface area (Å²) < 4.78 is 10.5. The number of aromatic nitrogens is 2. The third kappa shape index (κ3) is 4.27. The first-order chi connectivity index (χ1) is 10.2. The Hall–Kier alpha value is -1.92. The fourth-order valence-electron chi connectivity index (χ4n) is 2.18. The van der Waals surface area contributed by atoms with E-state index in [0.717, 1.165) is 24.1 Å². The molecule has 3 N–H and O–H groups in total. The lowest BCUT2D eigenvalue weighted by Gasteiger charge is -2.20. The van der Waals surface area contributed by atoms with Crippen molar-refractivity contribution >= 4 is 5.69 Å². The molecule has 0 bridgehead atoms. The molecular formula is C15H22N4O2. The second-order valence-electron chi connectivity index (χ2n) is 4.92. The van der Waals surface area contributed by atoms with Gasteiger partial charge in [-0.15, -0.1) is 0 Å². The van der Waals surface area contributed by atoms with Gasteiger partial charge in [0.1, 0.15) is 0 Å². The summed E-state index contributed by atoms with van der Waals surface area (Å²) in [5.41, 5.74) is 7.44. The van der Waals surface area contributed by atoms with Crippen LogP contribution in [0.4, 0.5) is 5.69 Å². The molecule has 2 aromatic rings. The zero-order valence-corrected chi connectivity index (χ0v) is 12.5. The van der Waals surface area contributed by atoms with E-state index in [1.165, 1.54) is 0 Å². The highest BCUT2D eigenvalue weighted by molar-refractivity contribution is 5.72. The van der Waals surface area contributed by atoms with Crippen LogP contribution >= 0.6 is 0 Å². The van der Waals surface area contributed by atoms with Crippen LogP contribution in [0.3, 0.4) is 0 Å². The molecule has 1 unspecified atom stereocenters. The highest BCUT2D eigenvalue weighted by atomic mass is 16.5. The van der Waals surface area contributed by atoms with Gasteiger partial charge < -0.3 is 20.3 Å². The Morgan fingerprint density at radius 2 is 2.19 bits per heavy atom.